The van der Waals surface area contributed by atoms with Gasteiger partial charge in [0, 0.05) is 32.2 Å². The van der Waals surface area contributed by atoms with Gasteiger partial charge in [-0.25, -0.2) is 4.39 Å². The van der Waals surface area contributed by atoms with Crippen molar-refractivity contribution in [3.63, 3.8) is 0 Å². The Bertz CT molecular complexity index is 463. The van der Waals surface area contributed by atoms with E-state index in [1.54, 1.807) is 0 Å². The minimum absolute atomic E-state index is 0. The van der Waals surface area contributed by atoms with Gasteiger partial charge in [0.1, 0.15) is 5.82 Å². The van der Waals surface area contributed by atoms with Crippen molar-refractivity contribution in [3.05, 3.63) is 35.1 Å². The minimum atomic E-state index is -4.64. The molecule has 0 radical (unpaired) electrons. The van der Waals surface area contributed by atoms with E-state index >= 15 is 0 Å². The van der Waals surface area contributed by atoms with Crippen molar-refractivity contribution in [2.75, 3.05) is 26.2 Å². The first-order valence-corrected chi connectivity index (χ1v) is 6.75. The summed E-state index contributed by atoms with van der Waals surface area (Å²) in [6.45, 7) is 5.30. The van der Waals surface area contributed by atoms with Gasteiger partial charge in [-0.05, 0) is 24.1 Å². The molecule has 0 amide bonds. The molecule has 8 heteroatoms. The summed E-state index contributed by atoms with van der Waals surface area (Å²) in [6.07, 6.45) is -3.90. The Morgan fingerprint density at radius 3 is 2.23 bits per heavy atom. The maximum absolute atomic E-state index is 13.7. The molecule has 128 valence electrons. The van der Waals surface area contributed by atoms with Gasteiger partial charge in [0.2, 0.25) is 0 Å². The van der Waals surface area contributed by atoms with Crippen molar-refractivity contribution in [2.24, 2.45) is 0 Å². The molecule has 0 bridgehead atoms. The molecule has 0 spiro atoms. The molecule has 2 rings (SSSR count). The monoisotopic (exact) mass is 362 g/mol. The van der Waals surface area contributed by atoms with Gasteiger partial charge >= 0.3 is 6.18 Å². The average molecular weight is 363 g/mol. The third kappa shape index (κ3) is 4.98. The highest BCUT2D eigenvalue weighted by molar-refractivity contribution is 5.85. The van der Waals surface area contributed by atoms with Crippen molar-refractivity contribution in [1.29, 1.82) is 0 Å². The van der Waals surface area contributed by atoms with Crippen LogP contribution < -0.4 is 5.32 Å². The van der Waals surface area contributed by atoms with Crippen molar-refractivity contribution in [1.82, 2.24) is 10.2 Å². The number of rotatable bonds is 3. The molecular weight excluding hydrogens is 343 g/mol. The predicted molar refractivity (Wildman–Crippen MR) is 83.4 cm³/mol. The summed E-state index contributed by atoms with van der Waals surface area (Å²) >= 11 is 0. The van der Waals surface area contributed by atoms with Gasteiger partial charge in [0.15, 0.2) is 0 Å². The summed E-state index contributed by atoms with van der Waals surface area (Å²) in [5, 5.41) is 3.22. The first-order chi connectivity index (χ1) is 9.43. The number of halogens is 6. The topological polar surface area (TPSA) is 15.3 Å². The molecular formula is C14H20Cl2F4N2. The van der Waals surface area contributed by atoms with Crippen LogP contribution in [0.2, 0.25) is 0 Å². The lowest BCUT2D eigenvalue weighted by Gasteiger charge is -2.34. The second-order valence-corrected chi connectivity index (χ2v) is 4.95. The molecule has 1 N–H and O–H groups in total. The zero-order chi connectivity index (χ0) is 14.8. The predicted octanol–water partition coefficient (Wildman–Crippen LogP) is 4.04. The van der Waals surface area contributed by atoms with Crippen LogP contribution in [0.4, 0.5) is 17.6 Å². The van der Waals surface area contributed by atoms with Gasteiger partial charge < -0.3 is 5.32 Å². The largest absolute Gasteiger partial charge is 0.419 e. The standard InChI is InChI=1S/C14H18F4N2.2ClH/c1-2-13(20-7-5-19-6-8-20)10-3-4-11(12(15)9-10)14(16,17)18;;/h3-4,9,13,19H,2,5-8H2,1H3;2*1H/t13-;;/m0../s1. The molecule has 0 unspecified atom stereocenters. The van der Waals surface area contributed by atoms with Crippen LogP contribution in [0.1, 0.15) is 30.5 Å². The van der Waals surface area contributed by atoms with Crippen LogP contribution in [0.25, 0.3) is 0 Å². The van der Waals surface area contributed by atoms with Crippen LogP contribution in [-0.2, 0) is 6.18 Å². The summed E-state index contributed by atoms with van der Waals surface area (Å²) < 4.78 is 51.3. The molecule has 1 fully saturated rings. The van der Waals surface area contributed by atoms with Crippen molar-refractivity contribution in [2.45, 2.75) is 25.6 Å². The Morgan fingerprint density at radius 1 is 1.18 bits per heavy atom. The van der Waals surface area contributed by atoms with E-state index in [4.69, 9.17) is 0 Å². The smallest absolute Gasteiger partial charge is 0.314 e. The lowest BCUT2D eigenvalue weighted by molar-refractivity contribution is -0.140. The van der Waals surface area contributed by atoms with Crippen LogP contribution in [0.15, 0.2) is 18.2 Å². The molecule has 1 atom stereocenters. The number of nitrogens with zero attached hydrogens (tertiary/aromatic N) is 1. The number of hydrogen-bond donors (Lipinski definition) is 1. The lowest BCUT2D eigenvalue weighted by atomic mass is 10.00. The van der Waals surface area contributed by atoms with E-state index in [-0.39, 0.29) is 30.9 Å². The van der Waals surface area contributed by atoms with Gasteiger partial charge in [0.05, 0.1) is 5.56 Å². The number of alkyl halides is 3. The van der Waals surface area contributed by atoms with E-state index in [0.717, 1.165) is 44.7 Å². The molecule has 22 heavy (non-hydrogen) atoms. The highest BCUT2D eigenvalue weighted by atomic mass is 35.5. The van der Waals surface area contributed by atoms with Crippen LogP contribution >= 0.6 is 24.8 Å². The zero-order valence-electron chi connectivity index (χ0n) is 12.1. The van der Waals surface area contributed by atoms with Crippen LogP contribution in [0.3, 0.4) is 0 Å². The average Bonchev–Trinajstić information content (AvgIpc) is 2.39. The third-order valence-corrected chi connectivity index (χ3v) is 3.66. The van der Waals surface area contributed by atoms with Crippen LogP contribution in [0, 0.1) is 5.82 Å². The van der Waals surface area contributed by atoms with Gasteiger partial charge in [0.25, 0.3) is 0 Å². The van der Waals surface area contributed by atoms with E-state index in [2.05, 4.69) is 10.2 Å². The van der Waals surface area contributed by atoms with Gasteiger partial charge in [-0.15, -0.1) is 24.8 Å². The fourth-order valence-corrected chi connectivity index (χ4v) is 2.67. The summed E-state index contributed by atoms with van der Waals surface area (Å²) in [5.41, 5.74) is -0.587. The number of nitrogens with one attached hydrogen (secondary N) is 1. The van der Waals surface area contributed by atoms with Gasteiger partial charge in [-0.2, -0.15) is 13.2 Å². The Balaban J connectivity index is 0.00000220. The maximum atomic E-state index is 13.7. The van der Waals surface area contributed by atoms with E-state index in [0.29, 0.717) is 5.56 Å². The van der Waals surface area contributed by atoms with E-state index < -0.39 is 17.6 Å². The summed E-state index contributed by atoms with van der Waals surface area (Å²) in [6, 6.07) is 3.23. The highest BCUT2D eigenvalue weighted by Crippen LogP contribution is 2.34. The van der Waals surface area contributed by atoms with Gasteiger partial charge in [-0.3, -0.25) is 4.90 Å². The van der Waals surface area contributed by atoms with Crippen molar-refractivity contribution >= 4 is 24.8 Å². The van der Waals surface area contributed by atoms with E-state index in [1.165, 1.54) is 6.07 Å². The van der Waals surface area contributed by atoms with E-state index in [9.17, 15) is 17.6 Å². The third-order valence-electron chi connectivity index (χ3n) is 3.66. The number of piperazine rings is 1. The second-order valence-electron chi connectivity index (χ2n) is 4.95. The molecule has 1 heterocycles. The highest BCUT2D eigenvalue weighted by Gasteiger charge is 2.34. The molecule has 1 aliphatic rings. The maximum Gasteiger partial charge on any atom is 0.419 e. The summed E-state index contributed by atoms with van der Waals surface area (Å²) in [5.74, 6) is -1.19. The molecule has 1 aromatic rings. The Kier molecular flexibility index (Phi) is 8.69. The van der Waals surface area contributed by atoms with Gasteiger partial charge in [-0.1, -0.05) is 13.0 Å². The van der Waals surface area contributed by atoms with Crippen molar-refractivity contribution in [3.8, 4) is 0 Å². The Labute approximate surface area is 140 Å². The van der Waals surface area contributed by atoms with Crippen LogP contribution in [0.5, 0.6) is 0 Å². The quantitative estimate of drug-likeness (QED) is 0.816. The SMILES string of the molecule is CC[C@@H](c1ccc(C(F)(F)F)c(F)c1)N1CCNCC1.Cl.Cl. The number of benzene rings is 1. The minimum Gasteiger partial charge on any atom is -0.314 e. The molecule has 0 aromatic heterocycles. The molecule has 0 aliphatic carbocycles. The molecule has 1 saturated heterocycles. The molecule has 2 nitrogen and oxygen atoms in total. The number of hydrogen-bond acceptors (Lipinski definition) is 2. The first kappa shape index (κ1) is 21.4. The first-order valence-electron chi connectivity index (χ1n) is 6.75. The Hall–Kier alpha value is -0.560. The summed E-state index contributed by atoms with van der Waals surface area (Å²) in [4.78, 5) is 2.18. The fraction of sp³-hybridized carbons (Fsp3) is 0.571. The molecule has 1 aromatic carbocycles. The normalized spacial score (nSPS) is 17.3. The molecule has 1 aliphatic heterocycles. The molecule has 0 saturated carbocycles. The second kappa shape index (κ2) is 8.91. The summed E-state index contributed by atoms with van der Waals surface area (Å²) in [7, 11) is 0. The lowest BCUT2D eigenvalue weighted by Crippen LogP contribution is -2.45. The fourth-order valence-electron chi connectivity index (χ4n) is 2.67. The van der Waals surface area contributed by atoms with E-state index in [1.807, 2.05) is 6.92 Å². The van der Waals surface area contributed by atoms with Crippen molar-refractivity contribution < 1.29 is 17.6 Å². The van der Waals surface area contributed by atoms with Crippen LogP contribution in [-0.4, -0.2) is 31.1 Å². The zero-order valence-corrected chi connectivity index (χ0v) is 13.8. The Morgan fingerprint density at radius 2 is 1.77 bits per heavy atom.